The van der Waals surface area contributed by atoms with Crippen LogP contribution in [0.2, 0.25) is 0 Å². The number of hydrogen-bond donors (Lipinski definition) is 0. The molecule has 2 aliphatic heterocycles. The number of nitrogens with zero attached hydrogens (tertiary/aromatic N) is 4. The molecule has 1 aromatic heterocycles. The van der Waals surface area contributed by atoms with E-state index in [0.717, 1.165) is 31.3 Å². The van der Waals surface area contributed by atoms with Crippen molar-refractivity contribution in [3.8, 4) is 0 Å². The molecule has 0 radical (unpaired) electrons. The van der Waals surface area contributed by atoms with Gasteiger partial charge in [0.15, 0.2) is 5.82 Å². The molecular weight excluding hydrogens is 224 g/mol. The molecule has 0 aliphatic carbocycles. The first-order valence-electron chi connectivity index (χ1n) is 7.31. The fourth-order valence-corrected chi connectivity index (χ4v) is 3.12. The summed E-state index contributed by atoms with van der Waals surface area (Å²) in [5, 5.41) is 4.74. The molecule has 1 fully saturated rings. The molecule has 4 heteroatoms. The monoisotopic (exact) mass is 248 g/mol. The van der Waals surface area contributed by atoms with Gasteiger partial charge in [0.2, 0.25) is 0 Å². The minimum atomic E-state index is 0.556. The van der Waals surface area contributed by atoms with Crippen LogP contribution in [0.5, 0.6) is 0 Å². The Morgan fingerprint density at radius 3 is 2.78 bits per heavy atom. The van der Waals surface area contributed by atoms with Gasteiger partial charge in [-0.2, -0.15) is 5.10 Å². The normalized spacial score (nSPS) is 28.9. The highest BCUT2D eigenvalue weighted by Gasteiger charge is 2.29. The lowest BCUT2D eigenvalue weighted by Crippen LogP contribution is -2.28. The molecule has 1 aromatic rings. The van der Waals surface area contributed by atoms with E-state index in [9.17, 15) is 0 Å². The summed E-state index contributed by atoms with van der Waals surface area (Å²) >= 11 is 0. The minimum Gasteiger partial charge on any atom is -0.300 e. The number of aromatic nitrogens is 3. The standard InChI is InChI=1S/C14H24N4/c1-10(2)17-6-5-12(9-17)14-15-13-8-11(3)4-7-18(13)16-14/h10-12H,4-9H2,1-3H3. The predicted octanol–water partition coefficient (Wildman–Crippen LogP) is 2.06. The summed E-state index contributed by atoms with van der Waals surface area (Å²) in [4.78, 5) is 7.34. The van der Waals surface area contributed by atoms with Gasteiger partial charge in [-0.15, -0.1) is 0 Å². The molecule has 3 rings (SSSR count). The molecule has 2 unspecified atom stereocenters. The van der Waals surface area contributed by atoms with E-state index in [0.29, 0.717) is 12.0 Å². The largest absolute Gasteiger partial charge is 0.300 e. The summed E-state index contributed by atoms with van der Waals surface area (Å²) in [5.41, 5.74) is 0. The number of rotatable bonds is 2. The maximum Gasteiger partial charge on any atom is 0.155 e. The van der Waals surface area contributed by atoms with Crippen LogP contribution >= 0.6 is 0 Å². The summed E-state index contributed by atoms with van der Waals surface area (Å²) in [6.07, 6.45) is 3.57. The molecule has 0 amide bonds. The third-order valence-corrected chi connectivity index (χ3v) is 4.44. The van der Waals surface area contributed by atoms with Crippen molar-refractivity contribution < 1.29 is 0 Å². The Morgan fingerprint density at radius 1 is 1.22 bits per heavy atom. The van der Waals surface area contributed by atoms with Gasteiger partial charge < -0.3 is 4.90 Å². The van der Waals surface area contributed by atoms with E-state index in [4.69, 9.17) is 10.1 Å². The molecule has 2 atom stereocenters. The van der Waals surface area contributed by atoms with Gasteiger partial charge >= 0.3 is 0 Å². The van der Waals surface area contributed by atoms with Crippen molar-refractivity contribution >= 4 is 0 Å². The number of fused-ring (bicyclic) bond motifs is 1. The summed E-state index contributed by atoms with van der Waals surface area (Å²) < 4.78 is 2.15. The van der Waals surface area contributed by atoms with Crippen molar-refractivity contribution in [3.63, 3.8) is 0 Å². The first kappa shape index (κ1) is 12.2. The maximum absolute atomic E-state index is 4.80. The van der Waals surface area contributed by atoms with Crippen molar-refractivity contribution in [2.24, 2.45) is 5.92 Å². The van der Waals surface area contributed by atoms with Gasteiger partial charge in [0.05, 0.1) is 0 Å². The van der Waals surface area contributed by atoms with E-state index in [2.05, 4.69) is 30.4 Å². The third-order valence-electron chi connectivity index (χ3n) is 4.44. The van der Waals surface area contributed by atoms with Crippen LogP contribution in [0.1, 0.15) is 51.2 Å². The van der Waals surface area contributed by atoms with Crippen molar-refractivity contribution in [2.75, 3.05) is 13.1 Å². The number of likely N-dealkylation sites (tertiary alicyclic amines) is 1. The Kier molecular flexibility index (Phi) is 3.14. The van der Waals surface area contributed by atoms with Crippen LogP contribution in [0.4, 0.5) is 0 Å². The zero-order valence-electron chi connectivity index (χ0n) is 11.8. The SMILES string of the molecule is CC1CCn2nc(C3CCN(C(C)C)C3)nc2C1. The van der Waals surface area contributed by atoms with Gasteiger partial charge in [-0.1, -0.05) is 6.92 Å². The van der Waals surface area contributed by atoms with Gasteiger partial charge in [0.25, 0.3) is 0 Å². The van der Waals surface area contributed by atoms with Crippen LogP contribution < -0.4 is 0 Å². The minimum absolute atomic E-state index is 0.556. The zero-order chi connectivity index (χ0) is 12.7. The Balaban J connectivity index is 1.74. The molecule has 3 heterocycles. The second-order valence-electron chi connectivity index (χ2n) is 6.28. The van der Waals surface area contributed by atoms with Gasteiger partial charge in [0.1, 0.15) is 5.82 Å². The summed E-state index contributed by atoms with van der Waals surface area (Å²) in [6.45, 7) is 10.3. The van der Waals surface area contributed by atoms with E-state index >= 15 is 0 Å². The van der Waals surface area contributed by atoms with Crippen LogP contribution in [0, 0.1) is 5.92 Å². The van der Waals surface area contributed by atoms with Crippen LogP contribution in [0.25, 0.3) is 0 Å². The first-order chi connectivity index (χ1) is 8.63. The molecule has 0 bridgehead atoms. The topological polar surface area (TPSA) is 34.0 Å². The van der Waals surface area contributed by atoms with Gasteiger partial charge in [-0.3, -0.25) is 0 Å². The highest BCUT2D eigenvalue weighted by Crippen LogP contribution is 2.28. The van der Waals surface area contributed by atoms with E-state index in [1.165, 1.54) is 25.2 Å². The summed E-state index contributed by atoms with van der Waals surface area (Å²) in [7, 11) is 0. The second kappa shape index (κ2) is 4.65. The molecule has 0 saturated carbocycles. The average molecular weight is 248 g/mol. The Hall–Kier alpha value is -0.900. The molecule has 18 heavy (non-hydrogen) atoms. The third kappa shape index (κ3) is 2.18. The molecule has 1 saturated heterocycles. The van der Waals surface area contributed by atoms with E-state index in [1.54, 1.807) is 0 Å². The highest BCUT2D eigenvalue weighted by atomic mass is 15.4. The molecular formula is C14H24N4. The average Bonchev–Trinajstić information content (AvgIpc) is 2.93. The quantitative estimate of drug-likeness (QED) is 0.803. The predicted molar refractivity (Wildman–Crippen MR) is 71.6 cm³/mol. The number of hydrogen-bond acceptors (Lipinski definition) is 3. The van der Waals surface area contributed by atoms with Crippen molar-refractivity contribution in [1.82, 2.24) is 19.7 Å². The van der Waals surface area contributed by atoms with Crippen molar-refractivity contribution in [2.45, 2.75) is 58.5 Å². The van der Waals surface area contributed by atoms with Gasteiger partial charge in [0, 0.05) is 31.5 Å². The lowest BCUT2D eigenvalue weighted by atomic mass is 10.0. The molecule has 4 nitrogen and oxygen atoms in total. The molecule has 0 N–H and O–H groups in total. The lowest BCUT2D eigenvalue weighted by Gasteiger charge is -2.19. The highest BCUT2D eigenvalue weighted by molar-refractivity contribution is 5.05. The number of aryl methyl sites for hydroxylation is 1. The van der Waals surface area contributed by atoms with E-state index in [-0.39, 0.29) is 0 Å². The van der Waals surface area contributed by atoms with E-state index < -0.39 is 0 Å². The van der Waals surface area contributed by atoms with E-state index in [1.807, 2.05) is 0 Å². The van der Waals surface area contributed by atoms with Gasteiger partial charge in [-0.25, -0.2) is 9.67 Å². The van der Waals surface area contributed by atoms with Crippen LogP contribution in [-0.4, -0.2) is 38.8 Å². The maximum atomic E-state index is 4.80. The molecule has 2 aliphatic rings. The van der Waals surface area contributed by atoms with Crippen LogP contribution in [0.3, 0.4) is 0 Å². The first-order valence-corrected chi connectivity index (χ1v) is 7.31. The Morgan fingerprint density at radius 2 is 2.06 bits per heavy atom. The zero-order valence-corrected chi connectivity index (χ0v) is 11.8. The van der Waals surface area contributed by atoms with Crippen LogP contribution in [0.15, 0.2) is 0 Å². The fraction of sp³-hybridized carbons (Fsp3) is 0.857. The Bertz CT molecular complexity index is 423. The summed E-state index contributed by atoms with van der Waals surface area (Å²) in [6, 6.07) is 0.646. The molecule has 0 spiro atoms. The summed E-state index contributed by atoms with van der Waals surface area (Å²) in [5.74, 6) is 3.64. The smallest absolute Gasteiger partial charge is 0.155 e. The lowest BCUT2D eigenvalue weighted by molar-refractivity contribution is 0.272. The second-order valence-corrected chi connectivity index (χ2v) is 6.28. The van der Waals surface area contributed by atoms with Crippen molar-refractivity contribution in [3.05, 3.63) is 11.6 Å². The molecule has 100 valence electrons. The van der Waals surface area contributed by atoms with Crippen LogP contribution in [-0.2, 0) is 13.0 Å². The Labute approximate surface area is 109 Å². The van der Waals surface area contributed by atoms with Crippen molar-refractivity contribution in [1.29, 1.82) is 0 Å². The molecule has 0 aromatic carbocycles. The fourth-order valence-electron chi connectivity index (χ4n) is 3.12. The van der Waals surface area contributed by atoms with Gasteiger partial charge in [-0.05, 0) is 39.2 Å².